The van der Waals surface area contributed by atoms with Gasteiger partial charge in [-0.15, -0.1) is 0 Å². The standard InChI is InChI=1S/C15H14F2O3/c1-2-3-12(18)11-6-7-13(20-15(16)17)14(8-11)19-9-10-4-5-10/h6-8,10,15H,4-5,9H2,1H3. The van der Waals surface area contributed by atoms with E-state index in [1.54, 1.807) is 6.92 Å². The number of alkyl halides is 2. The Hall–Kier alpha value is -2.09. The molecule has 0 radical (unpaired) electrons. The van der Waals surface area contributed by atoms with E-state index in [9.17, 15) is 13.6 Å². The first-order chi connectivity index (χ1) is 9.60. The Labute approximate surface area is 115 Å². The topological polar surface area (TPSA) is 35.5 Å². The Kier molecular flexibility index (Phi) is 4.57. The molecule has 0 N–H and O–H groups in total. The van der Waals surface area contributed by atoms with Crippen LogP contribution in [-0.4, -0.2) is 19.0 Å². The fourth-order valence-electron chi connectivity index (χ4n) is 1.63. The second-order valence-electron chi connectivity index (χ2n) is 4.50. The average molecular weight is 280 g/mol. The Morgan fingerprint density at radius 2 is 2.15 bits per heavy atom. The molecule has 0 bridgehead atoms. The number of carbonyl (C=O) groups excluding carboxylic acids is 1. The minimum atomic E-state index is -2.93. The minimum absolute atomic E-state index is 0.0679. The molecule has 3 nitrogen and oxygen atoms in total. The molecule has 0 atom stereocenters. The summed E-state index contributed by atoms with van der Waals surface area (Å²) in [5.74, 6) is 5.06. The maximum absolute atomic E-state index is 12.3. The average Bonchev–Trinajstić information content (AvgIpc) is 3.21. The monoisotopic (exact) mass is 280 g/mol. The Morgan fingerprint density at radius 1 is 1.40 bits per heavy atom. The number of benzene rings is 1. The van der Waals surface area contributed by atoms with Crippen molar-refractivity contribution in [2.24, 2.45) is 5.92 Å². The van der Waals surface area contributed by atoms with Crippen molar-refractivity contribution in [3.8, 4) is 23.3 Å². The van der Waals surface area contributed by atoms with E-state index in [2.05, 4.69) is 16.6 Å². The number of hydrogen-bond acceptors (Lipinski definition) is 3. The van der Waals surface area contributed by atoms with Crippen LogP contribution in [0.2, 0.25) is 0 Å². The molecule has 1 aromatic rings. The third-order valence-corrected chi connectivity index (χ3v) is 2.83. The molecule has 0 aliphatic heterocycles. The van der Waals surface area contributed by atoms with Gasteiger partial charge in [0.15, 0.2) is 11.5 Å². The van der Waals surface area contributed by atoms with E-state index in [-0.39, 0.29) is 17.3 Å². The third-order valence-electron chi connectivity index (χ3n) is 2.83. The van der Waals surface area contributed by atoms with Crippen LogP contribution in [0.4, 0.5) is 8.78 Å². The van der Waals surface area contributed by atoms with Crippen LogP contribution >= 0.6 is 0 Å². The highest BCUT2D eigenvalue weighted by atomic mass is 19.3. The first-order valence-corrected chi connectivity index (χ1v) is 6.29. The zero-order chi connectivity index (χ0) is 14.5. The van der Waals surface area contributed by atoms with Crippen molar-refractivity contribution in [3.63, 3.8) is 0 Å². The maximum atomic E-state index is 12.3. The van der Waals surface area contributed by atoms with Gasteiger partial charge in [0.2, 0.25) is 5.78 Å². The number of halogens is 2. The van der Waals surface area contributed by atoms with E-state index in [1.807, 2.05) is 0 Å². The lowest BCUT2D eigenvalue weighted by atomic mass is 10.1. The van der Waals surface area contributed by atoms with Crippen molar-refractivity contribution in [2.45, 2.75) is 26.4 Å². The smallest absolute Gasteiger partial charge is 0.387 e. The second-order valence-corrected chi connectivity index (χ2v) is 4.50. The highest BCUT2D eigenvalue weighted by Crippen LogP contribution is 2.34. The van der Waals surface area contributed by atoms with E-state index < -0.39 is 6.61 Å². The summed E-state index contributed by atoms with van der Waals surface area (Å²) in [5, 5.41) is 0. The van der Waals surface area contributed by atoms with Crippen LogP contribution < -0.4 is 9.47 Å². The normalized spacial score (nSPS) is 13.6. The van der Waals surface area contributed by atoms with Crippen molar-refractivity contribution < 1.29 is 23.0 Å². The van der Waals surface area contributed by atoms with Crippen LogP contribution in [0, 0.1) is 17.8 Å². The molecule has 0 amide bonds. The van der Waals surface area contributed by atoms with Gasteiger partial charge in [0.05, 0.1) is 6.61 Å². The molecule has 2 rings (SSSR count). The lowest BCUT2D eigenvalue weighted by Crippen LogP contribution is -2.07. The summed E-state index contributed by atoms with van der Waals surface area (Å²) in [7, 11) is 0. The summed E-state index contributed by atoms with van der Waals surface area (Å²) in [6.07, 6.45) is 2.15. The fourth-order valence-corrected chi connectivity index (χ4v) is 1.63. The molecule has 106 valence electrons. The van der Waals surface area contributed by atoms with Crippen LogP contribution in [0.15, 0.2) is 18.2 Å². The predicted molar refractivity (Wildman–Crippen MR) is 69.1 cm³/mol. The molecule has 20 heavy (non-hydrogen) atoms. The first-order valence-electron chi connectivity index (χ1n) is 6.29. The molecule has 0 heterocycles. The van der Waals surface area contributed by atoms with Crippen molar-refractivity contribution in [3.05, 3.63) is 23.8 Å². The summed E-state index contributed by atoms with van der Waals surface area (Å²) in [4.78, 5) is 11.7. The van der Waals surface area contributed by atoms with Gasteiger partial charge in [-0.1, -0.05) is 5.92 Å². The van der Waals surface area contributed by atoms with E-state index in [1.165, 1.54) is 18.2 Å². The minimum Gasteiger partial charge on any atom is -0.489 e. The van der Waals surface area contributed by atoms with Crippen molar-refractivity contribution in [1.29, 1.82) is 0 Å². The van der Waals surface area contributed by atoms with E-state index in [4.69, 9.17) is 4.74 Å². The van der Waals surface area contributed by atoms with Gasteiger partial charge >= 0.3 is 6.61 Å². The van der Waals surface area contributed by atoms with Gasteiger partial charge in [-0.25, -0.2) is 0 Å². The molecule has 1 aliphatic rings. The van der Waals surface area contributed by atoms with Crippen molar-refractivity contribution in [1.82, 2.24) is 0 Å². The molecule has 1 aromatic carbocycles. The van der Waals surface area contributed by atoms with E-state index in [0.717, 1.165) is 12.8 Å². The molecule has 0 spiro atoms. The van der Waals surface area contributed by atoms with Crippen LogP contribution in [0.3, 0.4) is 0 Å². The molecule has 0 aromatic heterocycles. The van der Waals surface area contributed by atoms with Crippen LogP contribution in [0.1, 0.15) is 30.1 Å². The number of ketones is 1. The summed E-state index contributed by atoms with van der Waals surface area (Å²) in [6.45, 7) is -0.942. The third kappa shape index (κ3) is 3.95. The van der Waals surface area contributed by atoms with Gasteiger partial charge in [0.1, 0.15) is 0 Å². The number of carbonyl (C=O) groups is 1. The maximum Gasteiger partial charge on any atom is 0.387 e. The first kappa shape index (κ1) is 14.3. The quantitative estimate of drug-likeness (QED) is 0.456. The van der Waals surface area contributed by atoms with Crippen LogP contribution in [0.5, 0.6) is 11.5 Å². The van der Waals surface area contributed by atoms with Crippen molar-refractivity contribution in [2.75, 3.05) is 6.61 Å². The summed E-state index contributed by atoms with van der Waals surface area (Å²) in [5.41, 5.74) is 0.298. The number of Topliss-reactive ketones (excluding diaryl/α,β-unsaturated/α-hetero) is 1. The molecule has 1 aliphatic carbocycles. The Bertz CT molecular complexity index is 554. The number of hydrogen-bond donors (Lipinski definition) is 0. The fraction of sp³-hybridized carbons (Fsp3) is 0.400. The largest absolute Gasteiger partial charge is 0.489 e. The second kappa shape index (κ2) is 6.38. The summed E-state index contributed by atoms with van der Waals surface area (Å²) in [6, 6.07) is 4.10. The van der Waals surface area contributed by atoms with E-state index in [0.29, 0.717) is 18.1 Å². The van der Waals surface area contributed by atoms with Gasteiger partial charge in [-0.3, -0.25) is 4.79 Å². The van der Waals surface area contributed by atoms with Crippen LogP contribution in [-0.2, 0) is 0 Å². The highest BCUT2D eigenvalue weighted by Gasteiger charge is 2.23. The van der Waals surface area contributed by atoms with Crippen molar-refractivity contribution >= 4 is 5.78 Å². The summed E-state index contributed by atoms with van der Waals surface area (Å²) < 4.78 is 34.5. The van der Waals surface area contributed by atoms with Gasteiger partial charge in [-0.2, -0.15) is 8.78 Å². The Morgan fingerprint density at radius 3 is 2.75 bits per heavy atom. The number of ether oxygens (including phenoxy) is 2. The molecule has 5 heteroatoms. The molecule has 1 fully saturated rings. The highest BCUT2D eigenvalue weighted by molar-refractivity contribution is 6.09. The van der Waals surface area contributed by atoms with Gasteiger partial charge in [-0.05, 0) is 49.8 Å². The predicted octanol–water partition coefficient (Wildman–Crippen LogP) is 3.28. The zero-order valence-electron chi connectivity index (χ0n) is 11.0. The zero-order valence-corrected chi connectivity index (χ0v) is 11.0. The van der Waals surface area contributed by atoms with Gasteiger partial charge in [0, 0.05) is 5.56 Å². The lowest BCUT2D eigenvalue weighted by molar-refractivity contribution is -0.0515. The molecule has 0 unspecified atom stereocenters. The Balaban J connectivity index is 2.21. The van der Waals surface area contributed by atoms with Gasteiger partial charge in [0.25, 0.3) is 0 Å². The molecule has 1 saturated carbocycles. The summed E-state index contributed by atoms with van der Waals surface area (Å²) >= 11 is 0. The molecular formula is C15H14F2O3. The van der Waals surface area contributed by atoms with E-state index >= 15 is 0 Å². The SMILES string of the molecule is CC#CC(=O)c1ccc(OC(F)F)c(OCC2CC2)c1. The van der Waals surface area contributed by atoms with Gasteiger partial charge < -0.3 is 9.47 Å². The van der Waals surface area contributed by atoms with Crippen LogP contribution in [0.25, 0.3) is 0 Å². The number of rotatable bonds is 6. The lowest BCUT2D eigenvalue weighted by Gasteiger charge is -2.12. The molecular weight excluding hydrogens is 266 g/mol. The molecule has 0 saturated heterocycles.